The minimum Gasteiger partial charge on any atom is -0.266 e. The molecule has 1 aliphatic heterocycles. The van der Waals surface area contributed by atoms with E-state index in [1.54, 1.807) is 0 Å². The molecule has 1 aromatic heterocycles. The number of halogens is 2. The summed E-state index contributed by atoms with van der Waals surface area (Å²) >= 11 is 0. The zero-order valence-electron chi connectivity index (χ0n) is 13.1. The van der Waals surface area contributed by atoms with E-state index in [4.69, 9.17) is 0 Å². The second-order valence-electron chi connectivity index (χ2n) is 5.88. The maximum Gasteiger partial charge on any atom is 0.257 e. The van der Waals surface area contributed by atoms with Crippen LogP contribution in [0.5, 0.6) is 0 Å². The third kappa shape index (κ3) is 3.64. The van der Waals surface area contributed by atoms with Crippen LogP contribution in [0.4, 0.5) is 8.78 Å². The highest BCUT2D eigenvalue weighted by Gasteiger charge is 2.30. The molecule has 0 aliphatic carbocycles. The average molecular weight is 355 g/mol. The molecule has 1 saturated heterocycles. The Morgan fingerprint density at radius 3 is 2.46 bits per heavy atom. The molecule has 0 spiro atoms. The fourth-order valence-corrected chi connectivity index (χ4v) is 4.45. The molecule has 1 aliphatic rings. The molecule has 3 rings (SSSR count). The van der Waals surface area contributed by atoms with Gasteiger partial charge in [-0.3, -0.25) is 4.68 Å². The summed E-state index contributed by atoms with van der Waals surface area (Å²) in [7, 11) is -3.68. The Morgan fingerprint density at radius 2 is 1.83 bits per heavy atom. The quantitative estimate of drug-likeness (QED) is 0.829. The Hall–Kier alpha value is -1.80. The van der Waals surface area contributed by atoms with Crippen molar-refractivity contribution in [2.45, 2.75) is 36.6 Å². The first kappa shape index (κ1) is 17.0. The molecule has 0 amide bonds. The molecule has 8 heteroatoms. The highest BCUT2D eigenvalue weighted by molar-refractivity contribution is 7.89. The van der Waals surface area contributed by atoms with Crippen LogP contribution < -0.4 is 0 Å². The molecule has 0 N–H and O–H groups in total. The smallest absolute Gasteiger partial charge is 0.257 e. The minimum absolute atomic E-state index is 0.0266. The molecule has 0 unspecified atom stereocenters. The number of piperidine rings is 1. The standard InChI is InChI=1S/C16H19F2N3O2S/c17-16(18)12-20-11-15(10-19-20)24(22,23)21-8-6-14(7-9-21)13-4-2-1-3-5-13/h1-5,10-11,14,16H,6-9,12H2. The molecule has 0 bridgehead atoms. The van der Waals surface area contributed by atoms with Crippen LogP contribution in [0.1, 0.15) is 24.3 Å². The van der Waals surface area contributed by atoms with Crippen molar-refractivity contribution in [2.75, 3.05) is 13.1 Å². The van der Waals surface area contributed by atoms with E-state index in [-0.39, 0.29) is 4.90 Å². The largest absolute Gasteiger partial charge is 0.266 e. The van der Waals surface area contributed by atoms with Gasteiger partial charge in [-0.05, 0) is 24.3 Å². The Labute approximate surface area is 139 Å². The van der Waals surface area contributed by atoms with Crippen LogP contribution in [0, 0.1) is 0 Å². The molecule has 2 heterocycles. The lowest BCUT2D eigenvalue weighted by Gasteiger charge is -2.31. The first-order chi connectivity index (χ1) is 11.5. The molecule has 2 aromatic rings. The van der Waals surface area contributed by atoms with Gasteiger partial charge in [0.2, 0.25) is 10.0 Å². The van der Waals surface area contributed by atoms with Crippen LogP contribution in [-0.4, -0.2) is 42.0 Å². The SMILES string of the molecule is O=S(=O)(c1cnn(CC(F)F)c1)N1CCC(c2ccccc2)CC1. The number of nitrogens with zero attached hydrogens (tertiary/aromatic N) is 3. The van der Waals surface area contributed by atoms with E-state index in [9.17, 15) is 17.2 Å². The minimum atomic E-state index is -3.68. The summed E-state index contributed by atoms with van der Waals surface area (Å²) in [4.78, 5) is -0.0266. The lowest BCUT2D eigenvalue weighted by Crippen LogP contribution is -2.37. The van der Waals surface area contributed by atoms with Gasteiger partial charge in [0.15, 0.2) is 0 Å². The zero-order valence-corrected chi connectivity index (χ0v) is 13.9. The second-order valence-corrected chi connectivity index (χ2v) is 7.82. The fraction of sp³-hybridized carbons (Fsp3) is 0.438. The molecular weight excluding hydrogens is 336 g/mol. The molecule has 130 valence electrons. The third-order valence-corrected chi connectivity index (χ3v) is 6.15. The summed E-state index contributed by atoms with van der Waals surface area (Å²) in [6, 6.07) is 10.0. The van der Waals surface area contributed by atoms with Crippen LogP contribution >= 0.6 is 0 Å². The Morgan fingerprint density at radius 1 is 1.17 bits per heavy atom. The first-order valence-electron chi connectivity index (χ1n) is 7.82. The summed E-state index contributed by atoms with van der Waals surface area (Å²) in [5.74, 6) is 0.346. The van der Waals surface area contributed by atoms with Gasteiger partial charge >= 0.3 is 0 Å². The van der Waals surface area contributed by atoms with E-state index in [2.05, 4.69) is 17.2 Å². The lowest BCUT2D eigenvalue weighted by molar-refractivity contribution is 0.121. The Kier molecular flexibility index (Phi) is 4.96. The van der Waals surface area contributed by atoms with E-state index < -0.39 is 23.0 Å². The van der Waals surface area contributed by atoms with Crippen molar-refractivity contribution in [3.63, 3.8) is 0 Å². The highest BCUT2D eigenvalue weighted by Crippen LogP contribution is 2.30. The first-order valence-corrected chi connectivity index (χ1v) is 9.26. The van der Waals surface area contributed by atoms with Gasteiger partial charge in [-0.2, -0.15) is 9.40 Å². The van der Waals surface area contributed by atoms with E-state index >= 15 is 0 Å². The van der Waals surface area contributed by atoms with Gasteiger partial charge in [-0.25, -0.2) is 17.2 Å². The molecule has 5 nitrogen and oxygen atoms in total. The number of rotatable bonds is 5. The van der Waals surface area contributed by atoms with E-state index in [0.29, 0.717) is 19.0 Å². The number of alkyl halides is 2. The van der Waals surface area contributed by atoms with E-state index in [1.165, 1.54) is 16.1 Å². The molecule has 1 fully saturated rings. The number of hydrogen-bond acceptors (Lipinski definition) is 3. The molecule has 0 radical (unpaired) electrons. The van der Waals surface area contributed by atoms with Crippen LogP contribution in [0.2, 0.25) is 0 Å². The van der Waals surface area contributed by atoms with Crippen molar-refractivity contribution >= 4 is 10.0 Å². The van der Waals surface area contributed by atoms with Crippen molar-refractivity contribution in [1.82, 2.24) is 14.1 Å². The van der Waals surface area contributed by atoms with Crippen LogP contribution in [0.15, 0.2) is 47.6 Å². The fourth-order valence-electron chi connectivity index (χ4n) is 3.02. The lowest BCUT2D eigenvalue weighted by atomic mass is 9.90. The van der Waals surface area contributed by atoms with Crippen molar-refractivity contribution in [2.24, 2.45) is 0 Å². The van der Waals surface area contributed by atoms with Crippen molar-refractivity contribution in [3.8, 4) is 0 Å². The molecule has 1 aromatic carbocycles. The summed E-state index contributed by atoms with van der Waals surface area (Å²) < 4.78 is 52.3. The molecule has 0 saturated carbocycles. The maximum atomic E-state index is 12.6. The van der Waals surface area contributed by atoms with Crippen molar-refractivity contribution < 1.29 is 17.2 Å². The van der Waals surface area contributed by atoms with Gasteiger partial charge in [-0.15, -0.1) is 0 Å². The molecule has 24 heavy (non-hydrogen) atoms. The average Bonchev–Trinajstić information content (AvgIpc) is 3.04. The summed E-state index contributed by atoms with van der Waals surface area (Å²) in [6.45, 7) is 0.232. The van der Waals surface area contributed by atoms with Gasteiger partial charge in [0.25, 0.3) is 6.43 Å². The number of benzene rings is 1. The van der Waals surface area contributed by atoms with Crippen LogP contribution in [-0.2, 0) is 16.6 Å². The second kappa shape index (κ2) is 6.98. The highest BCUT2D eigenvalue weighted by atomic mass is 32.2. The van der Waals surface area contributed by atoms with E-state index in [1.807, 2.05) is 18.2 Å². The van der Waals surface area contributed by atoms with Gasteiger partial charge < -0.3 is 0 Å². The number of hydrogen-bond donors (Lipinski definition) is 0. The molecule has 0 atom stereocenters. The third-order valence-electron chi connectivity index (χ3n) is 4.30. The maximum absolute atomic E-state index is 12.6. The monoisotopic (exact) mass is 355 g/mol. The topological polar surface area (TPSA) is 55.2 Å². The van der Waals surface area contributed by atoms with Gasteiger partial charge in [0.05, 0.1) is 6.20 Å². The predicted molar refractivity (Wildman–Crippen MR) is 85.4 cm³/mol. The van der Waals surface area contributed by atoms with Gasteiger partial charge in [0, 0.05) is 19.3 Å². The van der Waals surface area contributed by atoms with Crippen molar-refractivity contribution in [3.05, 3.63) is 48.3 Å². The van der Waals surface area contributed by atoms with Crippen molar-refractivity contribution in [1.29, 1.82) is 0 Å². The number of aromatic nitrogens is 2. The normalized spacial score (nSPS) is 17.5. The van der Waals surface area contributed by atoms with Crippen LogP contribution in [0.3, 0.4) is 0 Å². The Balaban J connectivity index is 1.67. The zero-order chi connectivity index (χ0) is 17.2. The van der Waals surface area contributed by atoms with Crippen LogP contribution in [0.25, 0.3) is 0 Å². The Bertz CT molecular complexity index is 770. The van der Waals surface area contributed by atoms with E-state index in [0.717, 1.165) is 23.7 Å². The molecular formula is C16H19F2N3O2S. The predicted octanol–water partition coefficient (Wildman–Crippen LogP) is 2.72. The summed E-state index contributed by atoms with van der Waals surface area (Å²) in [5, 5.41) is 3.71. The summed E-state index contributed by atoms with van der Waals surface area (Å²) in [5.41, 5.74) is 1.22. The van der Waals surface area contributed by atoms with Gasteiger partial charge in [0.1, 0.15) is 11.4 Å². The summed E-state index contributed by atoms with van der Waals surface area (Å²) in [6.07, 6.45) is 1.23. The number of sulfonamides is 1. The van der Waals surface area contributed by atoms with Gasteiger partial charge in [-0.1, -0.05) is 30.3 Å².